The smallest absolute Gasteiger partial charge is 0.0449 e. The normalized spacial score (nSPS) is 11.3. The fourth-order valence-electron chi connectivity index (χ4n) is 0.846. The van der Waals surface area contributed by atoms with E-state index in [1.165, 1.54) is 6.04 Å². The maximum absolute atomic E-state index is 8.57. The summed E-state index contributed by atoms with van der Waals surface area (Å²) in [4.78, 5) is 2.07. The van der Waals surface area contributed by atoms with Crippen LogP contribution in [0.25, 0.3) is 0 Å². The van der Waals surface area contributed by atoms with E-state index in [4.69, 9.17) is 5.11 Å². The highest BCUT2D eigenvalue weighted by atomic mass is 16.3. The van der Waals surface area contributed by atoms with Crippen LogP contribution in [-0.4, -0.2) is 30.7 Å². The van der Waals surface area contributed by atoms with Crippen molar-refractivity contribution in [2.24, 2.45) is 0 Å². The lowest BCUT2D eigenvalue weighted by Crippen LogP contribution is -2.19. The topological polar surface area (TPSA) is 23.5 Å². The molecule has 0 spiro atoms. The molecule has 2 heteroatoms. The van der Waals surface area contributed by atoms with E-state index in [2.05, 4.69) is 11.8 Å². The van der Waals surface area contributed by atoms with Gasteiger partial charge >= 0.3 is 0 Å². The summed E-state index contributed by atoms with van der Waals surface area (Å²) in [6.45, 7) is 2.37. The fraction of sp³-hybridized carbons (Fsp3) is 0.857. The zero-order chi connectivity index (χ0) is 7.28. The monoisotopic (exact) mass is 130 g/mol. The number of nitrogens with zero attached hydrogens (tertiary/aromatic N) is 1. The van der Waals surface area contributed by atoms with E-state index < -0.39 is 0 Å². The Bertz CT molecular complexity index is 63.9. The number of rotatable bonds is 4. The molecule has 0 aromatic rings. The van der Waals surface area contributed by atoms with Crippen LogP contribution in [0.15, 0.2) is 0 Å². The summed E-state index contributed by atoms with van der Waals surface area (Å²) in [5, 5.41) is 8.57. The first-order valence-corrected chi connectivity index (χ1v) is 3.35. The van der Waals surface area contributed by atoms with Crippen molar-refractivity contribution in [1.82, 2.24) is 4.90 Å². The molecule has 0 atom stereocenters. The summed E-state index contributed by atoms with van der Waals surface area (Å²) in [5.74, 6) is 0. The second-order valence-electron chi connectivity index (χ2n) is 2.29. The van der Waals surface area contributed by atoms with Crippen LogP contribution in [0.5, 0.6) is 0 Å². The predicted octanol–water partition coefficient (Wildman–Crippen LogP) is 0.872. The molecule has 0 bridgehead atoms. The predicted molar refractivity (Wildman–Crippen MR) is 38.9 cm³/mol. The maximum Gasteiger partial charge on any atom is 0.0449 e. The van der Waals surface area contributed by atoms with Gasteiger partial charge in [-0.05, 0) is 26.9 Å². The Kier molecular flexibility index (Phi) is 4.72. The van der Waals surface area contributed by atoms with Crippen molar-refractivity contribution in [3.63, 3.8) is 0 Å². The summed E-state index contributed by atoms with van der Waals surface area (Å²) in [6, 6.07) is 1.30. The molecule has 1 N–H and O–H groups in total. The zero-order valence-corrected chi connectivity index (χ0v) is 6.52. The van der Waals surface area contributed by atoms with Gasteiger partial charge in [0.25, 0.3) is 0 Å². The standard InChI is InChI=1S/C7H16NO/c1-4-7(5-6-9)8(2)3/h9H,4-6H2,1-3H3. The molecular weight excluding hydrogens is 114 g/mol. The number of hydrogen-bond donors (Lipinski definition) is 1. The summed E-state index contributed by atoms with van der Waals surface area (Å²) >= 11 is 0. The van der Waals surface area contributed by atoms with Crippen LogP contribution in [0.3, 0.4) is 0 Å². The SMILES string of the molecule is CC[C](CCO)N(C)C. The molecule has 0 fully saturated rings. The van der Waals surface area contributed by atoms with Crippen molar-refractivity contribution in [3.05, 3.63) is 6.04 Å². The Labute approximate surface area is 57.5 Å². The Hall–Kier alpha value is -0.0800. The average molecular weight is 130 g/mol. The molecule has 0 aliphatic carbocycles. The third kappa shape index (κ3) is 3.49. The minimum absolute atomic E-state index is 0.265. The molecule has 0 heterocycles. The molecule has 1 radical (unpaired) electrons. The van der Waals surface area contributed by atoms with Crippen molar-refractivity contribution in [3.8, 4) is 0 Å². The van der Waals surface area contributed by atoms with E-state index in [9.17, 15) is 0 Å². The van der Waals surface area contributed by atoms with E-state index in [1.54, 1.807) is 0 Å². The van der Waals surface area contributed by atoms with Crippen molar-refractivity contribution < 1.29 is 5.11 Å². The van der Waals surface area contributed by atoms with Crippen LogP contribution in [0.2, 0.25) is 0 Å². The van der Waals surface area contributed by atoms with Gasteiger partial charge in [0.05, 0.1) is 0 Å². The van der Waals surface area contributed by atoms with Gasteiger partial charge < -0.3 is 10.0 Å². The molecule has 0 aromatic heterocycles. The summed E-state index contributed by atoms with van der Waals surface area (Å²) < 4.78 is 0. The minimum Gasteiger partial charge on any atom is -0.396 e. The van der Waals surface area contributed by atoms with Crippen molar-refractivity contribution in [2.45, 2.75) is 19.8 Å². The van der Waals surface area contributed by atoms with Gasteiger partial charge in [-0.3, -0.25) is 0 Å². The Morgan fingerprint density at radius 3 is 2.11 bits per heavy atom. The highest BCUT2D eigenvalue weighted by Gasteiger charge is 2.07. The second-order valence-corrected chi connectivity index (χ2v) is 2.29. The highest BCUT2D eigenvalue weighted by Crippen LogP contribution is 2.11. The van der Waals surface area contributed by atoms with Crippen molar-refractivity contribution in [2.75, 3.05) is 20.7 Å². The minimum atomic E-state index is 0.265. The third-order valence-electron chi connectivity index (χ3n) is 1.44. The number of aliphatic hydroxyl groups excluding tert-OH is 1. The van der Waals surface area contributed by atoms with Gasteiger partial charge in [0.15, 0.2) is 0 Å². The van der Waals surface area contributed by atoms with Gasteiger partial charge in [0.2, 0.25) is 0 Å². The van der Waals surface area contributed by atoms with Crippen LogP contribution < -0.4 is 0 Å². The second kappa shape index (κ2) is 4.77. The number of aliphatic hydroxyl groups is 1. The van der Waals surface area contributed by atoms with Crippen molar-refractivity contribution >= 4 is 0 Å². The van der Waals surface area contributed by atoms with E-state index in [0.717, 1.165) is 12.8 Å². The maximum atomic E-state index is 8.57. The van der Waals surface area contributed by atoms with Gasteiger partial charge in [-0.1, -0.05) is 6.92 Å². The molecule has 0 amide bonds. The molecule has 0 saturated carbocycles. The zero-order valence-electron chi connectivity index (χ0n) is 6.52. The van der Waals surface area contributed by atoms with Crippen LogP contribution in [0.4, 0.5) is 0 Å². The van der Waals surface area contributed by atoms with Crippen LogP contribution in [-0.2, 0) is 0 Å². The summed E-state index contributed by atoms with van der Waals surface area (Å²) in [7, 11) is 4.02. The largest absolute Gasteiger partial charge is 0.396 e. The van der Waals surface area contributed by atoms with Crippen LogP contribution in [0, 0.1) is 6.04 Å². The molecule has 2 nitrogen and oxygen atoms in total. The average Bonchev–Trinajstić information content (AvgIpc) is 1.82. The van der Waals surface area contributed by atoms with E-state index in [1.807, 2.05) is 14.1 Å². The molecule has 0 rings (SSSR count). The van der Waals surface area contributed by atoms with Gasteiger partial charge in [-0.2, -0.15) is 0 Å². The molecule has 0 saturated heterocycles. The molecule has 0 aliphatic rings. The van der Waals surface area contributed by atoms with Crippen molar-refractivity contribution in [1.29, 1.82) is 0 Å². The van der Waals surface area contributed by atoms with E-state index in [0.29, 0.717) is 0 Å². The molecule has 55 valence electrons. The van der Waals surface area contributed by atoms with Gasteiger partial charge in [-0.15, -0.1) is 0 Å². The fourth-order valence-corrected chi connectivity index (χ4v) is 0.846. The van der Waals surface area contributed by atoms with Gasteiger partial charge in [0.1, 0.15) is 0 Å². The Morgan fingerprint density at radius 1 is 1.44 bits per heavy atom. The van der Waals surface area contributed by atoms with E-state index >= 15 is 0 Å². The summed E-state index contributed by atoms with van der Waals surface area (Å²) in [6.07, 6.45) is 1.84. The quantitative estimate of drug-likeness (QED) is 0.610. The molecule has 9 heavy (non-hydrogen) atoms. The third-order valence-corrected chi connectivity index (χ3v) is 1.44. The first-order chi connectivity index (χ1) is 4.22. The molecule has 0 unspecified atom stereocenters. The molecular formula is C7H16NO. The Balaban J connectivity index is 3.41. The summed E-state index contributed by atoms with van der Waals surface area (Å²) in [5.41, 5.74) is 0. The highest BCUT2D eigenvalue weighted by molar-refractivity contribution is 4.83. The van der Waals surface area contributed by atoms with E-state index in [-0.39, 0.29) is 6.61 Å². The first kappa shape index (κ1) is 8.92. The molecule has 0 aromatic carbocycles. The first-order valence-electron chi connectivity index (χ1n) is 3.35. The van der Waals surface area contributed by atoms with Crippen LogP contribution in [0.1, 0.15) is 19.8 Å². The van der Waals surface area contributed by atoms with Gasteiger partial charge in [0, 0.05) is 12.6 Å². The lowest BCUT2D eigenvalue weighted by molar-refractivity contribution is 0.258. The number of hydrogen-bond acceptors (Lipinski definition) is 2. The Morgan fingerprint density at radius 2 is 2.00 bits per heavy atom. The lowest BCUT2D eigenvalue weighted by atomic mass is 10.1. The lowest BCUT2D eigenvalue weighted by Gasteiger charge is -2.20. The van der Waals surface area contributed by atoms with Crippen LogP contribution >= 0.6 is 0 Å². The van der Waals surface area contributed by atoms with Gasteiger partial charge in [-0.25, -0.2) is 0 Å². The molecule has 0 aliphatic heterocycles.